The molecule has 0 aromatic heterocycles. The standard InChI is InChI=1S/C10H18N2S/c1-3-9-5-7-12(8-6-9)10(13)11-4-2/h3,9H,1,4-8H2,2H3,(H,11,13). The van der Waals surface area contributed by atoms with E-state index in [2.05, 4.69) is 29.8 Å². The zero-order valence-corrected chi connectivity index (χ0v) is 9.07. The van der Waals surface area contributed by atoms with Crippen LogP contribution in [0.5, 0.6) is 0 Å². The highest BCUT2D eigenvalue weighted by atomic mass is 32.1. The van der Waals surface area contributed by atoms with Crippen molar-refractivity contribution >= 4 is 17.3 Å². The monoisotopic (exact) mass is 198 g/mol. The first-order valence-electron chi connectivity index (χ1n) is 4.93. The minimum absolute atomic E-state index is 0.695. The molecule has 0 saturated carbocycles. The minimum Gasteiger partial charge on any atom is -0.363 e. The van der Waals surface area contributed by atoms with Gasteiger partial charge in [-0.05, 0) is 37.9 Å². The molecule has 1 aliphatic heterocycles. The molecule has 3 heteroatoms. The third-order valence-corrected chi connectivity index (χ3v) is 2.89. The maximum Gasteiger partial charge on any atom is 0.168 e. The van der Waals surface area contributed by atoms with Gasteiger partial charge in [0.2, 0.25) is 0 Å². The number of nitrogens with one attached hydrogen (secondary N) is 1. The Balaban J connectivity index is 2.31. The molecule has 1 fully saturated rings. The molecule has 13 heavy (non-hydrogen) atoms. The molecular weight excluding hydrogens is 180 g/mol. The molecule has 0 aromatic rings. The van der Waals surface area contributed by atoms with E-state index in [9.17, 15) is 0 Å². The van der Waals surface area contributed by atoms with Crippen LogP contribution in [0.1, 0.15) is 19.8 Å². The summed E-state index contributed by atoms with van der Waals surface area (Å²) < 4.78 is 0. The second-order valence-electron chi connectivity index (χ2n) is 3.40. The van der Waals surface area contributed by atoms with Crippen LogP contribution in [0.4, 0.5) is 0 Å². The highest BCUT2D eigenvalue weighted by Crippen LogP contribution is 2.17. The topological polar surface area (TPSA) is 15.3 Å². The maximum absolute atomic E-state index is 5.24. The van der Waals surface area contributed by atoms with Gasteiger partial charge >= 0.3 is 0 Å². The van der Waals surface area contributed by atoms with Gasteiger partial charge in [0.05, 0.1) is 0 Å². The van der Waals surface area contributed by atoms with Gasteiger partial charge in [0, 0.05) is 19.6 Å². The van der Waals surface area contributed by atoms with Crippen molar-refractivity contribution in [3.63, 3.8) is 0 Å². The summed E-state index contributed by atoms with van der Waals surface area (Å²) in [5, 5.41) is 4.09. The lowest BCUT2D eigenvalue weighted by Crippen LogP contribution is -2.43. The molecule has 2 nitrogen and oxygen atoms in total. The first-order valence-corrected chi connectivity index (χ1v) is 5.34. The van der Waals surface area contributed by atoms with Gasteiger partial charge in [0.25, 0.3) is 0 Å². The van der Waals surface area contributed by atoms with Crippen molar-refractivity contribution < 1.29 is 0 Å². The average molecular weight is 198 g/mol. The van der Waals surface area contributed by atoms with Gasteiger partial charge < -0.3 is 10.2 Å². The predicted octanol–water partition coefficient (Wildman–Crippen LogP) is 1.78. The fraction of sp³-hybridized carbons (Fsp3) is 0.700. The molecule has 0 unspecified atom stereocenters. The van der Waals surface area contributed by atoms with Crippen LogP contribution >= 0.6 is 12.2 Å². The average Bonchev–Trinajstić information content (AvgIpc) is 2.18. The number of allylic oxidation sites excluding steroid dienone is 1. The maximum atomic E-state index is 5.24. The number of thiocarbonyl (C=S) groups is 1. The molecule has 0 atom stereocenters. The van der Waals surface area contributed by atoms with Gasteiger partial charge in [-0.3, -0.25) is 0 Å². The lowest BCUT2D eigenvalue weighted by molar-refractivity contribution is 0.296. The SMILES string of the molecule is C=CC1CCN(C(=S)NCC)CC1. The molecule has 1 heterocycles. The number of rotatable bonds is 2. The summed E-state index contributed by atoms with van der Waals surface area (Å²) in [6, 6.07) is 0. The van der Waals surface area contributed by atoms with E-state index in [4.69, 9.17) is 12.2 Å². The van der Waals surface area contributed by atoms with Crippen LogP contribution in [0.2, 0.25) is 0 Å². The van der Waals surface area contributed by atoms with Crippen LogP contribution in [0.3, 0.4) is 0 Å². The Bertz CT molecular complexity index is 183. The lowest BCUT2D eigenvalue weighted by atomic mass is 9.97. The number of hydrogen-bond acceptors (Lipinski definition) is 1. The molecule has 1 N–H and O–H groups in total. The van der Waals surface area contributed by atoms with Gasteiger partial charge in [-0.25, -0.2) is 0 Å². The van der Waals surface area contributed by atoms with Crippen molar-refractivity contribution in [2.24, 2.45) is 5.92 Å². The smallest absolute Gasteiger partial charge is 0.168 e. The van der Waals surface area contributed by atoms with Crippen molar-refractivity contribution in [2.45, 2.75) is 19.8 Å². The molecule has 1 saturated heterocycles. The Morgan fingerprint density at radius 2 is 2.23 bits per heavy atom. The molecule has 0 amide bonds. The molecule has 0 aromatic carbocycles. The van der Waals surface area contributed by atoms with Crippen molar-refractivity contribution in [1.29, 1.82) is 0 Å². The Hall–Kier alpha value is -0.570. The van der Waals surface area contributed by atoms with Crippen molar-refractivity contribution in [3.05, 3.63) is 12.7 Å². The Morgan fingerprint density at radius 3 is 2.69 bits per heavy atom. The van der Waals surface area contributed by atoms with Crippen LogP contribution in [0.25, 0.3) is 0 Å². The predicted molar refractivity (Wildman–Crippen MR) is 60.8 cm³/mol. The van der Waals surface area contributed by atoms with E-state index in [1.54, 1.807) is 0 Å². The number of hydrogen-bond donors (Lipinski definition) is 1. The van der Waals surface area contributed by atoms with Crippen LogP contribution in [-0.2, 0) is 0 Å². The highest BCUT2D eigenvalue weighted by molar-refractivity contribution is 7.80. The van der Waals surface area contributed by atoms with Gasteiger partial charge in [-0.15, -0.1) is 6.58 Å². The summed E-state index contributed by atoms with van der Waals surface area (Å²) in [6.45, 7) is 8.96. The van der Waals surface area contributed by atoms with Crippen molar-refractivity contribution in [1.82, 2.24) is 10.2 Å². The van der Waals surface area contributed by atoms with E-state index in [1.165, 1.54) is 12.8 Å². The van der Waals surface area contributed by atoms with Crippen LogP contribution in [0.15, 0.2) is 12.7 Å². The second kappa shape index (κ2) is 5.22. The third kappa shape index (κ3) is 2.99. The van der Waals surface area contributed by atoms with E-state index in [1.807, 2.05) is 0 Å². The Labute approximate surface area is 86.0 Å². The zero-order valence-electron chi connectivity index (χ0n) is 8.25. The molecular formula is C10H18N2S. The number of likely N-dealkylation sites (tertiary alicyclic amines) is 1. The fourth-order valence-electron chi connectivity index (χ4n) is 1.60. The highest BCUT2D eigenvalue weighted by Gasteiger charge is 2.17. The first-order chi connectivity index (χ1) is 6.27. The van der Waals surface area contributed by atoms with Crippen LogP contribution < -0.4 is 5.32 Å². The largest absolute Gasteiger partial charge is 0.363 e. The summed E-state index contributed by atoms with van der Waals surface area (Å²) in [5.74, 6) is 0.695. The van der Waals surface area contributed by atoms with Crippen LogP contribution in [0, 0.1) is 5.92 Å². The normalized spacial score (nSPS) is 18.4. The summed E-state index contributed by atoms with van der Waals surface area (Å²) >= 11 is 5.24. The Kier molecular flexibility index (Phi) is 4.22. The molecule has 0 bridgehead atoms. The third-order valence-electron chi connectivity index (χ3n) is 2.49. The van der Waals surface area contributed by atoms with Gasteiger partial charge in [-0.2, -0.15) is 0 Å². The van der Waals surface area contributed by atoms with E-state index >= 15 is 0 Å². The van der Waals surface area contributed by atoms with Gasteiger partial charge in [0.1, 0.15) is 0 Å². The van der Waals surface area contributed by atoms with Crippen molar-refractivity contribution in [2.75, 3.05) is 19.6 Å². The first kappa shape index (κ1) is 10.5. The quantitative estimate of drug-likeness (QED) is 0.538. The molecule has 0 aliphatic carbocycles. The van der Waals surface area contributed by atoms with Crippen LogP contribution in [-0.4, -0.2) is 29.6 Å². The molecule has 1 aliphatic rings. The second-order valence-corrected chi connectivity index (χ2v) is 3.78. The summed E-state index contributed by atoms with van der Waals surface area (Å²) in [4.78, 5) is 2.25. The number of nitrogens with zero attached hydrogens (tertiary/aromatic N) is 1. The molecule has 74 valence electrons. The fourth-order valence-corrected chi connectivity index (χ4v) is 1.93. The lowest BCUT2D eigenvalue weighted by Gasteiger charge is -2.32. The van der Waals surface area contributed by atoms with Crippen molar-refractivity contribution in [3.8, 4) is 0 Å². The molecule has 0 radical (unpaired) electrons. The summed E-state index contributed by atoms with van der Waals surface area (Å²) in [5.41, 5.74) is 0. The van der Waals surface area contributed by atoms with E-state index < -0.39 is 0 Å². The van der Waals surface area contributed by atoms with Gasteiger partial charge in [-0.1, -0.05) is 6.08 Å². The van der Waals surface area contributed by atoms with Gasteiger partial charge in [0.15, 0.2) is 5.11 Å². The summed E-state index contributed by atoms with van der Waals surface area (Å²) in [6.07, 6.45) is 4.44. The minimum atomic E-state index is 0.695. The van der Waals surface area contributed by atoms with E-state index in [0.717, 1.165) is 24.7 Å². The summed E-state index contributed by atoms with van der Waals surface area (Å²) in [7, 11) is 0. The van der Waals surface area contributed by atoms with E-state index in [-0.39, 0.29) is 0 Å². The number of piperidine rings is 1. The molecule has 1 rings (SSSR count). The Morgan fingerprint density at radius 1 is 1.62 bits per heavy atom. The zero-order chi connectivity index (χ0) is 9.68. The van der Waals surface area contributed by atoms with E-state index in [0.29, 0.717) is 5.92 Å². The molecule has 0 spiro atoms.